The van der Waals surface area contributed by atoms with Crippen molar-refractivity contribution in [3.05, 3.63) is 93.5 Å². The van der Waals surface area contributed by atoms with E-state index in [-0.39, 0.29) is 0 Å². The zero-order chi connectivity index (χ0) is 18.5. The van der Waals surface area contributed by atoms with Crippen LogP contribution in [0, 0.1) is 6.92 Å². The fourth-order valence-electron chi connectivity index (χ4n) is 2.33. The molecule has 0 aliphatic rings. The first-order valence-corrected chi connectivity index (χ1v) is 8.64. The van der Waals surface area contributed by atoms with E-state index in [0.29, 0.717) is 21.4 Å². The number of hydrogen-bond acceptors (Lipinski definition) is 3. The van der Waals surface area contributed by atoms with Gasteiger partial charge >= 0.3 is 5.97 Å². The lowest BCUT2D eigenvalue weighted by molar-refractivity contribution is 0.0734. The summed E-state index contributed by atoms with van der Waals surface area (Å²) in [5, 5.41) is 1.11. The molecule has 0 saturated carbocycles. The third-order valence-corrected chi connectivity index (χ3v) is 4.02. The van der Waals surface area contributed by atoms with Gasteiger partial charge in [-0.1, -0.05) is 40.9 Å². The quantitative estimate of drug-likeness (QED) is 0.302. The van der Waals surface area contributed by atoms with Crippen LogP contribution in [0.4, 0.5) is 5.69 Å². The number of hydrogen-bond donors (Lipinski definition) is 0. The summed E-state index contributed by atoms with van der Waals surface area (Å²) < 4.78 is 5.44. The van der Waals surface area contributed by atoms with Gasteiger partial charge in [0, 0.05) is 16.3 Å². The van der Waals surface area contributed by atoms with Gasteiger partial charge in [-0.3, -0.25) is 4.99 Å². The highest BCUT2D eigenvalue weighted by Gasteiger charge is 2.10. The second kappa shape index (κ2) is 8.17. The number of aryl methyl sites for hydroxylation is 1. The fourth-order valence-corrected chi connectivity index (χ4v) is 2.69. The zero-order valence-electron chi connectivity index (χ0n) is 13.9. The molecule has 0 N–H and O–H groups in total. The molecule has 0 atom stereocenters. The minimum absolute atomic E-state index is 0.363. The Morgan fingerprint density at radius 3 is 2.46 bits per heavy atom. The van der Waals surface area contributed by atoms with Crippen LogP contribution in [-0.4, -0.2) is 12.2 Å². The summed E-state index contributed by atoms with van der Waals surface area (Å²) in [5.41, 5.74) is 2.95. The number of carbonyl (C=O) groups is 1. The summed E-state index contributed by atoms with van der Waals surface area (Å²) in [6, 6.07) is 19.4. The van der Waals surface area contributed by atoms with Crippen LogP contribution in [0.25, 0.3) is 0 Å². The second-order valence-electron chi connectivity index (χ2n) is 5.71. The van der Waals surface area contributed by atoms with Gasteiger partial charge in [0.15, 0.2) is 0 Å². The van der Waals surface area contributed by atoms with Crippen molar-refractivity contribution in [1.82, 2.24) is 0 Å². The number of benzene rings is 3. The van der Waals surface area contributed by atoms with Crippen molar-refractivity contribution in [1.29, 1.82) is 0 Å². The molecule has 0 aliphatic carbocycles. The first kappa shape index (κ1) is 18.2. The highest BCUT2D eigenvalue weighted by Crippen LogP contribution is 2.22. The lowest BCUT2D eigenvalue weighted by Crippen LogP contribution is -2.08. The highest BCUT2D eigenvalue weighted by atomic mass is 35.5. The standard InChI is InChI=1S/C21H15Cl2NO2/c1-14-3-2-4-16(9-14)21(25)26-20-11-15(10-18(23)12-20)13-24-19-7-5-17(22)6-8-19/h2-13H,1H3. The molecule has 5 heteroatoms. The molecule has 26 heavy (non-hydrogen) atoms. The van der Waals surface area contributed by atoms with Crippen LogP contribution in [0.3, 0.4) is 0 Å². The van der Waals surface area contributed by atoms with E-state index in [0.717, 1.165) is 16.8 Å². The van der Waals surface area contributed by atoms with Gasteiger partial charge in [-0.05, 0) is 67.1 Å². The molecule has 0 unspecified atom stereocenters. The Bertz CT molecular complexity index is 966. The first-order chi connectivity index (χ1) is 12.5. The van der Waals surface area contributed by atoms with Crippen molar-refractivity contribution >= 4 is 41.1 Å². The van der Waals surface area contributed by atoms with E-state index in [2.05, 4.69) is 4.99 Å². The number of ether oxygens (including phenoxy) is 1. The molecule has 0 amide bonds. The van der Waals surface area contributed by atoms with Gasteiger partial charge in [0.05, 0.1) is 11.3 Å². The minimum atomic E-state index is -0.434. The summed E-state index contributed by atoms with van der Waals surface area (Å²) in [4.78, 5) is 16.7. The molecule has 0 saturated heterocycles. The number of carbonyl (C=O) groups excluding carboxylic acids is 1. The Labute approximate surface area is 161 Å². The van der Waals surface area contributed by atoms with Crippen molar-refractivity contribution in [2.75, 3.05) is 0 Å². The average molecular weight is 384 g/mol. The number of halogens is 2. The molecular formula is C21H15Cl2NO2. The highest BCUT2D eigenvalue weighted by molar-refractivity contribution is 6.31. The monoisotopic (exact) mass is 383 g/mol. The smallest absolute Gasteiger partial charge is 0.343 e. The molecule has 0 bridgehead atoms. The third-order valence-electron chi connectivity index (χ3n) is 3.55. The maximum atomic E-state index is 12.3. The summed E-state index contributed by atoms with van der Waals surface area (Å²) in [5.74, 6) is -0.0712. The molecule has 0 aromatic heterocycles. The lowest BCUT2D eigenvalue weighted by Gasteiger charge is -2.06. The Morgan fingerprint density at radius 1 is 0.962 bits per heavy atom. The lowest BCUT2D eigenvalue weighted by atomic mass is 10.1. The van der Waals surface area contributed by atoms with Crippen molar-refractivity contribution < 1.29 is 9.53 Å². The van der Waals surface area contributed by atoms with Gasteiger partial charge in [0.1, 0.15) is 5.75 Å². The molecule has 130 valence electrons. The third kappa shape index (κ3) is 4.94. The summed E-state index contributed by atoms with van der Waals surface area (Å²) in [6.07, 6.45) is 1.65. The van der Waals surface area contributed by atoms with Gasteiger partial charge in [-0.25, -0.2) is 4.79 Å². The van der Waals surface area contributed by atoms with E-state index in [9.17, 15) is 4.79 Å². The fraction of sp³-hybridized carbons (Fsp3) is 0.0476. The van der Waals surface area contributed by atoms with Crippen LogP contribution < -0.4 is 4.74 Å². The number of aliphatic imine (C=N–C) groups is 1. The maximum absolute atomic E-state index is 12.3. The van der Waals surface area contributed by atoms with E-state index < -0.39 is 5.97 Å². The van der Waals surface area contributed by atoms with Crippen molar-refractivity contribution in [2.24, 2.45) is 4.99 Å². The molecule has 3 rings (SSSR count). The molecule has 0 fully saturated rings. The Hall–Kier alpha value is -2.62. The van der Waals surface area contributed by atoms with E-state index in [1.807, 2.05) is 31.2 Å². The van der Waals surface area contributed by atoms with Crippen LogP contribution >= 0.6 is 23.2 Å². The predicted molar refractivity (Wildman–Crippen MR) is 106 cm³/mol. The van der Waals surface area contributed by atoms with Gasteiger partial charge < -0.3 is 4.74 Å². The van der Waals surface area contributed by atoms with Gasteiger partial charge in [-0.2, -0.15) is 0 Å². The van der Waals surface area contributed by atoms with Gasteiger partial charge in [-0.15, -0.1) is 0 Å². The van der Waals surface area contributed by atoms with Crippen LogP contribution in [-0.2, 0) is 0 Å². The van der Waals surface area contributed by atoms with E-state index in [1.54, 1.807) is 48.7 Å². The van der Waals surface area contributed by atoms with E-state index in [4.69, 9.17) is 27.9 Å². The number of rotatable bonds is 4. The van der Waals surface area contributed by atoms with Gasteiger partial charge in [0.2, 0.25) is 0 Å². The molecular weight excluding hydrogens is 369 g/mol. The molecule has 3 nitrogen and oxygen atoms in total. The summed E-state index contributed by atoms with van der Waals surface area (Å²) >= 11 is 12.0. The molecule has 3 aromatic rings. The predicted octanol–water partition coefficient (Wildman–Crippen LogP) is 6.27. The molecule has 0 aliphatic heterocycles. The van der Waals surface area contributed by atoms with Crippen LogP contribution in [0.2, 0.25) is 10.0 Å². The summed E-state index contributed by atoms with van der Waals surface area (Å²) in [7, 11) is 0. The topological polar surface area (TPSA) is 38.7 Å². The SMILES string of the molecule is Cc1cccc(C(=O)Oc2cc(Cl)cc(C=Nc3ccc(Cl)cc3)c2)c1. The molecule has 0 heterocycles. The molecule has 0 spiro atoms. The molecule has 3 aromatic carbocycles. The minimum Gasteiger partial charge on any atom is -0.423 e. The summed E-state index contributed by atoms with van der Waals surface area (Å²) in [6.45, 7) is 1.92. The van der Waals surface area contributed by atoms with Crippen molar-refractivity contribution in [3.63, 3.8) is 0 Å². The Morgan fingerprint density at radius 2 is 1.73 bits per heavy atom. The number of nitrogens with zero attached hydrogens (tertiary/aromatic N) is 1. The maximum Gasteiger partial charge on any atom is 0.343 e. The largest absolute Gasteiger partial charge is 0.423 e. The van der Waals surface area contributed by atoms with Gasteiger partial charge in [0.25, 0.3) is 0 Å². The first-order valence-electron chi connectivity index (χ1n) is 7.89. The second-order valence-corrected chi connectivity index (χ2v) is 6.59. The van der Waals surface area contributed by atoms with Crippen LogP contribution in [0.1, 0.15) is 21.5 Å². The van der Waals surface area contributed by atoms with Crippen molar-refractivity contribution in [2.45, 2.75) is 6.92 Å². The van der Waals surface area contributed by atoms with Crippen LogP contribution in [0.15, 0.2) is 71.7 Å². The van der Waals surface area contributed by atoms with E-state index in [1.165, 1.54) is 0 Å². The Kier molecular flexibility index (Phi) is 5.71. The molecule has 0 radical (unpaired) electrons. The zero-order valence-corrected chi connectivity index (χ0v) is 15.5. The van der Waals surface area contributed by atoms with Crippen molar-refractivity contribution in [3.8, 4) is 5.75 Å². The van der Waals surface area contributed by atoms with E-state index >= 15 is 0 Å². The van der Waals surface area contributed by atoms with Crippen LogP contribution in [0.5, 0.6) is 5.75 Å². The Balaban J connectivity index is 1.79. The number of esters is 1. The average Bonchev–Trinajstić information content (AvgIpc) is 2.61. The normalized spacial score (nSPS) is 10.9.